The van der Waals surface area contributed by atoms with Gasteiger partial charge in [-0.15, -0.1) is 0 Å². The van der Waals surface area contributed by atoms with Crippen LogP contribution in [0.1, 0.15) is 98.3 Å². The van der Waals surface area contributed by atoms with Crippen molar-refractivity contribution in [2.75, 3.05) is 6.54 Å². The minimum atomic E-state index is -0.636. The number of aliphatic carboxylic acids is 1. The Kier molecular flexibility index (Phi) is 13.2. The molecule has 2 fully saturated rings. The first kappa shape index (κ1) is 29.1. The fraction of sp³-hybridized carbons (Fsp3) is 0.778. The van der Waals surface area contributed by atoms with Gasteiger partial charge < -0.3 is 15.2 Å². The standard InChI is InChI=1S/C16H27NO3.C11H18O2/c1-16(2,3)9-15(20)17-10-14(19)8-12-5-4-6-13(7-12)11-18;1-2-3-4-5-6-7-9-8-10(9)11(12)13/h11-13H,4-10H2,1-3H3,(H,17,20);6-7,9-10H,2-5,8H2,1H3,(H,12,13)/b;7-6-/t12?,13-;9-,10+/m11/s1. The van der Waals surface area contributed by atoms with E-state index in [1.807, 2.05) is 20.8 Å². The van der Waals surface area contributed by atoms with Crippen LogP contribution in [0.4, 0.5) is 0 Å². The first-order valence-electron chi connectivity index (χ1n) is 12.7. The molecule has 0 aromatic carbocycles. The van der Waals surface area contributed by atoms with E-state index in [1.54, 1.807) is 0 Å². The van der Waals surface area contributed by atoms with Crippen LogP contribution >= 0.6 is 0 Å². The molecule has 33 heavy (non-hydrogen) atoms. The molecule has 0 aromatic rings. The van der Waals surface area contributed by atoms with Crippen LogP contribution in [-0.4, -0.2) is 35.6 Å². The Morgan fingerprint density at radius 1 is 1.09 bits per heavy atom. The largest absolute Gasteiger partial charge is 0.481 e. The second kappa shape index (κ2) is 15.0. The number of carbonyl (C=O) groups excluding carboxylic acids is 3. The summed E-state index contributed by atoms with van der Waals surface area (Å²) in [5, 5.41) is 11.3. The van der Waals surface area contributed by atoms with E-state index >= 15 is 0 Å². The highest BCUT2D eigenvalue weighted by Crippen LogP contribution is 2.39. The molecule has 1 amide bonds. The van der Waals surface area contributed by atoms with Crippen LogP contribution in [0.5, 0.6) is 0 Å². The van der Waals surface area contributed by atoms with E-state index in [4.69, 9.17) is 5.11 Å². The summed E-state index contributed by atoms with van der Waals surface area (Å²) in [5.41, 5.74) is -0.0618. The summed E-state index contributed by atoms with van der Waals surface area (Å²) in [6.45, 7) is 8.30. The summed E-state index contributed by atoms with van der Waals surface area (Å²) < 4.78 is 0. The molecule has 2 N–H and O–H groups in total. The Bertz CT molecular complexity index is 664. The molecule has 2 saturated carbocycles. The lowest BCUT2D eigenvalue weighted by molar-refractivity contribution is -0.138. The number of rotatable bonds is 12. The third-order valence-corrected chi connectivity index (χ3v) is 6.22. The van der Waals surface area contributed by atoms with E-state index in [0.29, 0.717) is 24.7 Å². The second-order valence-corrected chi connectivity index (χ2v) is 11.0. The van der Waals surface area contributed by atoms with Crippen molar-refractivity contribution in [3.8, 4) is 0 Å². The lowest BCUT2D eigenvalue weighted by Gasteiger charge is -2.25. The van der Waals surface area contributed by atoms with Gasteiger partial charge in [0.1, 0.15) is 6.29 Å². The summed E-state index contributed by atoms with van der Waals surface area (Å²) in [6.07, 6.45) is 15.7. The van der Waals surface area contributed by atoms with Crippen molar-refractivity contribution in [3.05, 3.63) is 12.2 Å². The van der Waals surface area contributed by atoms with E-state index in [2.05, 4.69) is 24.4 Å². The van der Waals surface area contributed by atoms with Gasteiger partial charge in [0.15, 0.2) is 5.78 Å². The number of carbonyl (C=O) groups is 4. The van der Waals surface area contributed by atoms with Gasteiger partial charge in [0.25, 0.3) is 0 Å². The Morgan fingerprint density at radius 3 is 2.39 bits per heavy atom. The highest BCUT2D eigenvalue weighted by atomic mass is 16.4. The lowest BCUT2D eigenvalue weighted by Crippen LogP contribution is -2.33. The topological polar surface area (TPSA) is 101 Å². The molecular formula is C27H45NO5. The Morgan fingerprint density at radius 2 is 1.82 bits per heavy atom. The molecule has 0 aromatic heterocycles. The van der Waals surface area contributed by atoms with E-state index in [9.17, 15) is 19.2 Å². The van der Waals surface area contributed by atoms with Crippen molar-refractivity contribution in [2.45, 2.75) is 98.3 Å². The van der Waals surface area contributed by atoms with Gasteiger partial charge in [-0.05, 0) is 55.8 Å². The third-order valence-electron chi connectivity index (χ3n) is 6.22. The molecule has 0 radical (unpaired) electrons. The zero-order valence-electron chi connectivity index (χ0n) is 21.1. The average molecular weight is 464 g/mol. The van der Waals surface area contributed by atoms with Gasteiger partial charge in [0.05, 0.1) is 12.5 Å². The number of hydrogen-bond donors (Lipinski definition) is 2. The minimum Gasteiger partial charge on any atom is -0.481 e. The Hall–Kier alpha value is -1.98. The van der Waals surface area contributed by atoms with Crippen molar-refractivity contribution in [3.63, 3.8) is 0 Å². The van der Waals surface area contributed by atoms with Crippen molar-refractivity contribution < 1.29 is 24.3 Å². The van der Waals surface area contributed by atoms with Gasteiger partial charge in [-0.1, -0.05) is 59.1 Å². The molecule has 0 saturated heterocycles. The molecule has 0 aliphatic heterocycles. The normalized spacial score (nSPS) is 24.5. The monoisotopic (exact) mass is 463 g/mol. The van der Waals surface area contributed by atoms with E-state index in [0.717, 1.165) is 44.8 Å². The summed E-state index contributed by atoms with van der Waals surface area (Å²) in [4.78, 5) is 44.8. The van der Waals surface area contributed by atoms with Crippen LogP contribution in [0, 0.1) is 29.1 Å². The maximum Gasteiger partial charge on any atom is 0.307 e. The van der Waals surface area contributed by atoms with Gasteiger partial charge in [0, 0.05) is 18.8 Å². The number of unbranched alkanes of at least 4 members (excludes halogenated alkanes) is 3. The Labute approximate surface area is 200 Å². The maximum atomic E-state index is 11.9. The SMILES string of the molecule is CC(C)(C)CC(=O)NCC(=O)CC1CCC[C@@H](C=O)C1.CCCCC/C=C\[C@@H]1C[C@@H]1C(=O)O. The fourth-order valence-corrected chi connectivity index (χ4v) is 4.27. The first-order valence-corrected chi connectivity index (χ1v) is 12.7. The molecule has 6 heteroatoms. The number of nitrogens with one attached hydrogen (secondary N) is 1. The van der Waals surface area contributed by atoms with Crippen LogP contribution < -0.4 is 5.32 Å². The van der Waals surface area contributed by atoms with Crippen molar-refractivity contribution in [2.24, 2.45) is 29.1 Å². The summed E-state index contributed by atoms with van der Waals surface area (Å²) in [7, 11) is 0. The summed E-state index contributed by atoms with van der Waals surface area (Å²) in [5.74, 6) is 0.0526. The molecular weight excluding hydrogens is 418 g/mol. The zero-order chi connectivity index (χ0) is 24.9. The van der Waals surface area contributed by atoms with E-state index in [1.165, 1.54) is 19.3 Å². The zero-order valence-corrected chi connectivity index (χ0v) is 21.1. The number of ketones is 1. The maximum absolute atomic E-state index is 11.9. The van der Waals surface area contributed by atoms with Gasteiger partial charge in [-0.3, -0.25) is 14.4 Å². The highest BCUT2D eigenvalue weighted by molar-refractivity contribution is 5.86. The van der Waals surface area contributed by atoms with Crippen LogP contribution in [0.25, 0.3) is 0 Å². The second-order valence-electron chi connectivity index (χ2n) is 11.0. The van der Waals surface area contributed by atoms with E-state index in [-0.39, 0.29) is 35.5 Å². The molecule has 0 heterocycles. The van der Waals surface area contributed by atoms with Gasteiger partial charge in [0.2, 0.25) is 5.91 Å². The number of hydrogen-bond acceptors (Lipinski definition) is 4. The van der Waals surface area contributed by atoms with Crippen LogP contribution in [0.2, 0.25) is 0 Å². The number of aldehydes is 1. The van der Waals surface area contributed by atoms with Crippen LogP contribution in [0.15, 0.2) is 12.2 Å². The van der Waals surface area contributed by atoms with Gasteiger partial charge in [-0.2, -0.15) is 0 Å². The molecule has 4 atom stereocenters. The third kappa shape index (κ3) is 14.0. The van der Waals surface area contributed by atoms with Crippen LogP contribution in [0.3, 0.4) is 0 Å². The molecule has 0 spiro atoms. The lowest BCUT2D eigenvalue weighted by atomic mass is 9.80. The highest BCUT2D eigenvalue weighted by Gasteiger charge is 2.40. The molecule has 188 valence electrons. The predicted octanol–water partition coefficient (Wildman–Crippen LogP) is 5.35. The van der Waals surface area contributed by atoms with E-state index < -0.39 is 5.97 Å². The fourth-order valence-electron chi connectivity index (χ4n) is 4.27. The molecule has 0 bridgehead atoms. The smallest absolute Gasteiger partial charge is 0.307 e. The number of Topliss-reactive ketones (excluding diaryl/α,β-unsaturated/α-hetero) is 1. The van der Waals surface area contributed by atoms with Crippen LogP contribution in [-0.2, 0) is 19.2 Å². The number of carboxylic acid groups (broad SMARTS) is 1. The van der Waals surface area contributed by atoms with Crippen molar-refractivity contribution >= 4 is 23.9 Å². The number of carboxylic acids is 1. The Balaban J connectivity index is 0.000000361. The van der Waals surface area contributed by atoms with Gasteiger partial charge >= 0.3 is 5.97 Å². The quantitative estimate of drug-likeness (QED) is 0.231. The minimum absolute atomic E-state index is 0.0618. The van der Waals surface area contributed by atoms with Crippen molar-refractivity contribution in [1.82, 2.24) is 5.32 Å². The number of amides is 1. The molecule has 2 aliphatic carbocycles. The number of allylic oxidation sites excluding steroid dienone is 2. The molecule has 2 rings (SSSR count). The molecule has 2 aliphatic rings. The first-order chi connectivity index (χ1) is 15.6. The average Bonchev–Trinajstić information content (AvgIpc) is 3.52. The summed E-state index contributed by atoms with van der Waals surface area (Å²) in [6, 6.07) is 0. The van der Waals surface area contributed by atoms with Gasteiger partial charge in [-0.25, -0.2) is 0 Å². The molecule has 1 unspecified atom stereocenters. The van der Waals surface area contributed by atoms with Crippen molar-refractivity contribution in [1.29, 1.82) is 0 Å². The predicted molar refractivity (Wildman–Crippen MR) is 131 cm³/mol. The molecule has 6 nitrogen and oxygen atoms in total. The summed E-state index contributed by atoms with van der Waals surface area (Å²) >= 11 is 0.